The molecule has 0 aromatic heterocycles. The Morgan fingerprint density at radius 3 is 2.63 bits per heavy atom. The van der Waals surface area contributed by atoms with E-state index in [0.717, 1.165) is 57.8 Å². The number of amides is 2. The molecular formula is C27H40N2O6. The first-order valence-electron chi connectivity index (χ1n) is 13.4. The minimum absolute atomic E-state index is 0.0962. The zero-order valence-electron chi connectivity index (χ0n) is 20.9. The number of esters is 1. The van der Waals surface area contributed by atoms with Crippen molar-refractivity contribution in [2.45, 2.75) is 82.5 Å². The second-order valence-corrected chi connectivity index (χ2v) is 10.1. The van der Waals surface area contributed by atoms with E-state index in [-0.39, 0.29) is 18.4 Å². The van der Waals surface area contributed by atoms with Crippen LogP contribution in [0.25, 0.3) is 0 Å². The van der Waals surface area contributed by atoms with Crippen LogP contribution < -0.4 is 0 Å². The summed E-state index contributed by atoms with van der Waals surface area (Å²) in [4.78, 5) is 44.6. The van der Waals surface area contributed by atoms with Crippen molar-refractivity contribution in [3.63, 3.8) is 0 Å². The van der Waals surface area contributed by atoms with Gasteiger partial charge in [-0.1, -0.05) is 56.9 Å². The number of unbranched alkanes of at least 4 members (excludes halogenated alkanes) is 5. The number of ether oxygens (including phenoxy) is 2. The van der Waals surface area contributed by atoms with Gasteiger partial charge in [-0.05, 0) is 32.1 Å². The van der Waals surface area contributed by atoms with Crippen LogP contribution in [0.3, 0.4) is 0 Å². The normalized spacial score (nSPS) is 33.4. The molecule has 0 aromatic rings. The molecule has 2 unspecified atom stereocenters. The first kappa shape index (κ1) is 25.9. The van der Waals surface area contributed by atoms with E-state index in [0.29, 0.717) is 26.2 Å². The SMILES string of the molecule is CCCCCN1CC=CC23O[C@@H]4/C=C\CCCOC(=O)C4[C@H]2C(=O)N(CCCCCCO)[C@@H]3C1=O. The molecule has 2 amide bonds. The van der Waals surface area contributed by atoms with Gasteiger partial charge in [0, 0.05) is 26.2 Å². The van der Waals surface area contributed by atoms with E-state index in [2.05, 4.69) is 6.92 Å². The van der Waals surface area contributed by atoms with Gasteiger partial charge in [-0.2, -0.15) is 0 Å². The van der Waals surface area contributed by atoms with Crippen LogP contribution in [0.1, 0.15) is 64.7 Å². The summed E-state index contributed by atoms with van der Waals surface area (Å²) in [6, 6.07) is -0.783. The van der Waals surface area contributed by atoms with Crippen molar-refractivity contribution in [2.24, 2.45) is 11.8 Å². The van der Waals surface area contributed by atoms with Crippen LogP contribution in [0.5, 0.6) is 0 Å². The number of nitrogens with zero attached hydrogens (tertiary/aromatic N) is 2. The summed E-state index contributed by atoms with van der Waals surface area (Å²) in [5.74, 6) is -2.24. The Hall–Kier alpha value is -2.19. The van der Waals surface area contributed by atoms with Gasteiger partial charge < -0.3 is 24.4 Å². The lowest BCUT2D eigenvalue weighted by Gasteiger charge is -2.35. The third-order valence-electron chi connectivity index (χ3n) is 7.77. The molecule has 4 aliphatic rings. The third kappa shape index (κ3) is 5.05. The van der Waals surface area contributed by atoms with Crippen LogP contribution in [0.2, 0.25) is 0 Å². The minimum Gasteiger partial charge on any atom is -0.465 e. The van der Waals surface area contributed by atoms with Crippen LogP contribution >= 0.6 is 0 Å². The lowest BCUT2D eigenvalue weighted by Crippen LogP contribution is -2.55. The molecular weight excluding hydrogens is 448 g/mol. The Morgan fingerprint density at radius 1 is 1.03 bits per heavy atom. The quantitative estimate of drug-likeness (QED) is 0.289. The Labute approximate surface area is 208 Å². The zero-order chi connectivity index (χ0) is 24.8. The highest BCUT2D eigenvalue weighted by Crippen LogP contribution is 2.53. The second kappa shape index (κ2) is 11.7. The average Bonchev–Trinajstić information content (AvgIpc) is 3.25. The summed E-state index contributed by atoms with van der Waals surface area (Å²) < 4.78 is 12.1. The fourth-order valence-corrected chi connectivity index (χ4v) is 6.04. The fraction of sp³-hybridized carbons (Fsp3) is 0.741. The molecule has 1 N–H and O–H groups in total. The first-order valence-corrected chi connectivity index (χ1v) is 13.4. The maximum Gasteiger partial charge on any atom is 0.312 e. The van der Waals surface area contributed by atoms with Crippen molar-refractivity contribution >= 4 is 17.8 Å². The molecule has 35 heavy (non-hydrogen) atoms. The van der Waals surface area contributed by atoms with Crippen molar-refractivity contribution in [2.75, 3.05) is 32.8 Å². The number of likely N-dealkylation sites (tertiary alicyclic amines) is 1. The molecule has 4 rings (SSSR count). The van der Waals surface area contributed by atoms with E-state index in [1.807, 2.05) is 29.2 Å². The number of cyclic esters (lactones) is 1. The molecule has 0 saturated carbocycles. The van der Waals surface area contributed by atoms with Gasteiger partial charge in [-0.25, -0.2) is 0 Å². The molecule has 8 nitrogen and oxygen atoms in total. The predicted octanol–water partition coefficient (Wildman–Crippen LogP) is 2.60. The number of allylic oxidation sites excluding steroid dienone is 1. The fourth-order valence-electron chi connectivity index (χ4n) is 6.04. The molecule has 0 radical (unpaired) electrons. The van der Waals surface area contributed by atoms with Gasteiger partial charge in [-0.3, -0.25) is 14.4 Å². The molecule has 5 atom stereocenters. The molecule has 2 fully saturated rings. The number of hydrogen-bond acceptors (Lipinski definition) is 6. The van der Waals surface area contributed by atoms with Crippen molar-refractivity contribution < 1.29 is 29.0 Å². The zero-order valence-corrected chi connectivity index (χ0v) is 20.9. The largest absolute Gasteiger partial charge is 0.465 e. The molecule has 4 heterocycles. The van der Waals surface area contributed by atoms with Gasteiger partial charge in [-0.15, -0.1) is 0 Å². The average molecular weight is 489 g/mol. The second-order valence-electron chi connectivity index (χ2n) is 10.1. The Morgan fingerprint density at radius 2 is 1.83 bits per heavy atom. The molecule has 194 valence electrons. The predicted molar refractivity (Wildman–Crippen MR) is 130 cm³/mol. The Kier molecular flexibility index (Phi) is 8.65. The summed E-state index contributed by atoms with van der Waals surface area (Å²) >= 11 is 0. The number of rotatable bonds is 10. The van der Waals surface area contributed by atoms with Gasteiger partial charge in [0.15, 0.2) is 0 Å². The molecule has 0 aromatic carbocycles. The molecule has 4 aliphatic heterocycles. The van der Waals surface area contributed by atoms with Gasteiger partial charge in [0.2, 0.25) is 11.8 Å². The number of fused-ring (bicyclic) bond motifs is 2. The first-order chi connectivity index (χ1) is 17.0. The standard InChI is InChI=1S/C27H40N2O6/c1-2-3-8-15-28-16-12-14-27-22(21-20(35-27)13-7-6-11-19-34-26(21)33)24(31)29(23(27)25(28)32)17-9-4-5-10-18-30/h7,12-14,20-23,30H,2-6,8-11,15-19H2,1H3/b13-7-/t20-,21?,22+,23-,27?/m1/s1. The summed E-state index contributed by atoms with van der Waals surface area (Å²) in [6.07, 6.45) is 14.8. The molecule has 0 bridgehead atoms. The van der Waals surface area contributed by atoms with Crippen molar-refractivity contribution in [3.8, 4) is 0 Å². The third-order valence-corrected chi connectivity index (χ3v) is 7.77. The smallest absolute Gasteiger partial charge is 0.312 e. The van der Waals surface area contributed by atoms with Gasteiger partial charge >= 0.3 is 5.97 Å². The number of aliphatic hydroxyl groups excluding tert-OH is 1. The Balaban J connectivity index is 1.66. The summed E-state index contributed by atoms with van der Waals surface area (Å²) in [5, 5.41) is 9.08. The summed E-state index contributed by atoms with van der Waals surface area (Å²) in [5.41, 5.74) is -1.17. The van der Waals surface area contributed by atoms with E-state index in [1.165, 1.54) is 0 Å². The maximum absolute atomic E-state index is 14.0. The van der Waals surface area contributed by atoms with Crippen LogP contribution in [-0.2, 0) is 23.9 Å². The van der Waals surface area contributed by atoms with Crippen LogP contribution in [-0.4, -0.2) is 83.3 Å². The van der Waals surface area contributed by atoms with Crippen molar-refractivity contribution in [3.05, 3.63) is 24.3 Å². The van der Waals surface area contributed by atoms with Gasteiger partial charge in [0.25, 0.3) is 0 Å². The molecule has 0 aliphatic carbocycles. The van der Waals surface area contributed by atoms with Crippen LogP contribution in [0.15, 0.2) is 24.3 Å². The number of carbonyl (C=O) groups is 3. The van der Waals surface area contributed by atoms with E-state index in [4.69, 9.17) is 14.6 Å². The van der Waals surface area contributed by atoms with E-state index >= 15 is 0 Å². The highest BCUT2D eigenvalue weighted by atomic mass is 16.6. The highest BCUT2D eigenvalue weighted by Gasteiger charge is 2.71. The van der Waals surface area contributed by atoms with E-state index in [1.54, 1.807) is 4.90 Å². The molecule has 8 heteroatoms. The monoisotopic (exact) mass is 488 g/mol. The maximum atomic E-state index is 14.0. The van der Waals surface area contributed by atoms with Gasteiger partial charge in [0.05, 0.1) is 18.6 Å². The number of carbonyl (C=O) groups excluding carboxylic acids is 3. The Bertz CT molecular complexity index is 842. The summed E-state index contributed by atoms with van der Waals surface area (Å²) in [6.45, 7) is 4.15. The number of hydrogen-bond donors (Lipinski definition) is 1. The van der Waals surface area contributed by atoms with Crippen molar-refractivity contribution in [1.29, 1.82) is 0 Å². The van der Waals surface area contributed by atoms with E-state index in [9.17, 15) is 14.4 Å². The number of aliphatic hydroxyl groups is 1. The molecule has 2 saturated heterocycles. The molecule has 1 spiro atoms. The topological polar surface area (TPSA) is 96.4 Å². The van der Waals surface area contributed by atoms with Crippen LogP contribution in [0.4, 0.5) is 0 Å². The highest BCUT2D eigenvalue weighted by molar-refractivity contribution is 5.99. The van der Waals surface area contributed by atoms with Gasteiger partial charge in [0.1, 0.15) is 17.6 Å². The van der Waals surface area contributed by atoms with Crippen molar-refractivity contribution in [1.82, 2.24) is 9.80 Å². The summed E-state index contributed by atoms with van der Waals surface area (Å²) in [7, 11) is 0. The lowest BCUT2D eigenvalue weighted by atomic mass is 9.78. The van der Waals surface area contributed by atoms with E-state index < -0.39 is 35.6 Å². The lowest BCUT2D eigenvalue weighted by molar-refractivity contribution is -0.154. The van der Waals surface area contributed by atoms with Crippen LogP contribution in [0, 0.1) is 11.8 Å². The minimum atomic E-state index is -1.17.